The normalized spacial score (nSPS) is 10.8. The second kappa shape index (κ2) is 6.22. The molecule has 3 aromatic rings. The van der Waals surface area contributed by atoms with Gasteiger partial charge in [0.1, 0.15) is 12.9 Å². The number of hydrogen-bond donors (Lipinski definition) is 2. The Morgan fingerprint density at radius 2 is 2.00 bits per heavy atom. The van der Waals surface area contributed by atoms with Gasteiger partial charge in [-0.3, -0.25) is 0 Å². The second-order valence-corrected chi connectivity index (χ2v) is 4.97. The summed E-state index contributed by atoms with van der Waals surface area (Å²) in [6.45, 7) is -0.0437. The third-order valence-corrected chi connectivity index (χ3v) is 3.34. The lowest BCUT2D eigenvalue weighted by atomic mass is 9.80. The molecule has 11 heteroatoms. The summed E-state index contributed by atoms with van der Waals surface area (Å²) in [6, 6.07) is 6.22. The van der Waals surface area contributed by atoms with Crippen molar-refractivity contribution in [3.63, 3.8) is 0 Å². The van der Waals surface area contributed by atoms with E-state index in [4.69, 9.17) is 14.8 Å². The van der Waals surface area contributed by atoms with Gasteiger partial charge in [0.05, 0.1) is 0 Å². The maximum absolute atomic E-state index is 12.1. The molecule has 3 rings (SSSR count). The van der Waals surface area contributed by atoms with Gasteiger partial charge in [-0.1, -0.05) is 29.5 Å². The standard InChI is InChI=1S/C13H12BN5O5/c1-18-13(21)19-7-15-10(11(19)16-17-18)12(20)24-6-8-2-4-9(5-3-8)14(22)23/h2-5,7,22-23H,6H2,1H3. The van der Waals surface area contributed by atoms with Crippen molar-refractivity contribution in [2.24, 2.45) is 7.05 Å². The van der Waals surface area contributed by atoms with Gasteiger partial charge in [0.2, 0.25) is 0 Å². The number of nitrogens with zero attached hydrogens (tertiary/aromatic N) is 5. The van der Waals surface area contributed by atoms with Crippen molar-refractivity contribution < 1.29 is 19.6 Å². The smallest absolute Gasteiger partial charge is 0.456 e. The van der Waals surface area contributed by atoms with E-state index < -0.39 is 18.8 Å². The Hall–Kier alpha value is -3.05. The molecule has 2 N–H and O–H groups in total. The lowest BCUT2D eigenvalue weighted by Gasteiger charge is -2.05. The second-order valence-electron chi connectivity index (χ2n) is 4.97. The summed E-state index contributed by atoms with van der Waals surface area (Å²) in [5.41, 5.74) is 0.406. The van der Waals surface area contributed by atoms with Crippen LogP contribution in [0.3, 0.4) is 0 Å². The predicted molar refractivity (Wildman–Crippen MR) is 81.4 cm³/mol. The van der Waals surface area contributed by atoms with Crippen molar-refractivity contribution in [2.45, 2.75) is 6.61 Å². The Kier molecular flexibility index (Phi) is 4.10. The van der Waals surface area contributed by atoms with Crippen molar-refractivity contribution in [3.05, 3.63) is 52.3 Å². The Morgan fingerprint density at radius 1 is 1.29 bits per heavy atom. The molecule has 1 aromatic carbocycles. The number of aryl methyl sites for hydroxylation is 1. The fraction of sp³-hybridized carbons (Fsp3) is 0.154. The minimum absolute atomic E-state index is 0.0156. The van der Waals surface area contributed by atoms with Crippen molar-refractivity contribution in [2.75, 3.05) is 0 Å². The van der Waals surface area contributed by atoms with Crippen LogP contribution in [0, 0.1) is 0 Å². The van der Waals surface area contributed by atoms with Crippen LogP contribution in [0.5, 0.6) is 0 Å². The van der Waals surface area contributed by atoms with E-state index in [0.29, 0.717) is 11.0 Å². The third-order valence-electron chi connectivity index (χ3n) is 3.34. The Bertz CT molecular complexity index is 950. The SMILES string of the molecule is Cn1nnc2c(C(=O)OCc3ccc(B(O)O)cc3)ncn2c1=O. The predicted octanol–water partition coefficient (Wildman–Crippen LogP) is -2.14. The summed E-state index contributed by atoms with van der Waals surface area (Å²) in [4.78, 5) is 27.8. The van der Waals surface area contributed by atoms with E-state index >= 15 is 0 Å². The molecule has 2 aromatic heterocycles. The van der Waals surface area contributed by atoms with Gasteiger partial charge in [-0.05, 0) is 11.0 Å². The van der Waals surface area contributed by atoms with E-state index in [1.807, 2.05) is 0 Å². The monoisotopic (exact) mass is 329 g/mol. The molecule has 0 unspecified atom stereocenters. The lowest BCUT2D eigenvalue weighted by molar-refractivity contribution is 0.0468. The summed E-state index contributed by atoms with van der Waals surface area (Å²) < 4.78 is 7.25. The van der Waals surface area contributed by atoms with Crippen LogP contribution in [0.2, 0.25) is 0 Å². The zero-order valence-electron chi connectivity index (χ0n) is 12.5. The molecule has 0 aliphatic rings. The topological polar surface area (TPSA) is 132 Å². The van der Waals surface area contributed by atoms with Crippen LogP contribution in [0.25, 0.3) is 5.65 Å². The molecule has 0 saturated carbocycles. The number of carbonyl (C=O) groups is 1. The molecule has 0 amide bonds. The van der Waals surface area contributed by atoms with Gasteiger partial charge in [-0.25, -0.2) is 19.0 Å². The van der Waals surface area contributed by atoms with Crippen molar-refractivity contribution in [1.29, 1.82) is 0 Å². The summed E-state index contributed by atoms with van der Waals surface area (Å²) in [7, 11) is -0.126. The average Bonchev–Trinajstić information content (AvgIpc) is 3.01. The number of hydrogen-bond acceptors (Lipinski definition) is 8. The molecule has 0 saturated heterocycles. The number of aromatic nitrogens is 5. The van der Waals surface area contributed by atoms with E-state index in [0.717, 1.165) is 9.08 Å². The van der Waals surface area contributed by atoms with E-state index in [1.165, 1.54) is 25.5 Å². The van der Waals surface area contributed by atoms with Gasteiger partial charge in [0, 0.05) is 7.05 Å². The molecule has 0 bridgehead atoms. The number of imidazole rings is 1. The summed E-state index contributed by atoms with van der Waals surface area (Å²) >= 11 is 0. The molecule has 0 spiro atoms. The van der Waals surface area contributed by atoms with Gasteiger partial charge >= 0.3 is 18.8 Å². The quantitative estimate of drug-likeness (QED) is 0.409. The van der Waals surface area contributed by atoms with Crippen LogP contribution in [0.4, 0.5) is 0 Å². The van der Waals surface area contributed by atoms with Crippen LogP contribution in [-0.4, -0.2) is 47.5 Å². The average molecular weight is 329 g/mol. The minimum Gasteiger partial charge on any atom is -0.456 e. The van der Waals surface area contributed by atoms with Crippen LogP contribution >= 0.6 is 0 Å². The van der Waals surface area contributed by atoms with Crippen molar-refractivity contribution in [1.82, 2.24) is 24.4 Å². The maximum atomic E-state index is 12.1. The summed E-state index contributed by atoms with van der Waals surface area (Å²) in [5, 5.41) is 25.4. The van der Waals surface area contributed by atoms with Crippen LogP contribution < -0.4 is 11.2 Å². The van der Waals surface area contributed by atoms with Crippen molar-refractivity contribution >= 4 is 24.2 Å². The Labute approximate surface area is 135 Å². The fourth-order valence-corrected chi connectivity index (χ4v) is 2.03. The molecule has 2 heterocycles. The summed E-state index contributed by atoms with van der Waals surface area (Å²) in [5.74, 6) is -0.744. The molecule has 122 valence electrons. The number of rotatable bonds is 4. The molecule has 0 aliphatic heterocycles. The molecule has 0 atom stereocenters. The number of ether oxygens (including phenoxy) is 1. The Morgan fingerprint density at radius 3 is 2.67 bits per heavy atom. The van der Waals surface area contributed by atoms with Gasteiger partial charge in [0.15, 0.2) is 11.3 Å². The van der Waals surface area contributed by atoms with Crippen LogP contribution in [0.1, 0.15) is 16.1 Å². The first-order chi connectivity index (χ1) is 11.5. The number of benzene rings is 1. The highest BCUT2D eigenvalue weighted by molar-refractivity contribution is 6.58. The van der Waals surface area contributed by atoms with Crippen LogP contribution in [0.15, 0.2) is 35.4 Å². The highest BCUT2D eigenvalue weighted by Crippen LogP contribution is 2.07. The largest absolute Gasteiger partial charge is 0.488 e. The molecular weight excluding hydrogens is 317 g/mol. The summed E-state index contributed by atoms with van der Waals surface area (Å²) in [6.07, 6.45) is 1.18. The fourth-order valence-electron chi connectivity index (χ4n) is 2.03. The highest BCUT2D eigenvalue weighted by atomic mass is 16.5. The Balaban J connectivity index is 1.76. The first kappa shape index (κ1) is 15.8. The number of fused-ring (bicyclic) bond motifs is 1. The van der Waals surface area contributed by atoms with E-state index in [1.54, 1.807) is 12.1 Å². The zero-order valence-corrected chi connectivity index (χ0v) is 12.5. The molecular formula is C13H12BN5O5. The molecule has 0 fully saturated rings. The van der Waals surface area contributed by atoms with Crippen molar-refractivity contribution in [3.8, 4) is 0 Å². The van der Waals surface area contributed by atoms with E-state index in [9.17, 15) is 9.59 Å². The first-order valence-electron chi connectivity index (χ1n) is 6.86. The number of carbonyl (C=O) groups excluding carboxylic acids is 1. The van der Waals surface area contributed by atoms with Gasteiger partial charge in [0.25, 0.3) is 0 Å². The third kappa shape index (κ3) is 2.89. The van der Waals surface area contributed by atoms with Crippen LogP contribution in [-0.2, 0) is 18.4 Å². The molecule has 10 nitrogen and oxygen atoms in total. The lowest BCUT2D eigenvalue weighted by Crippen LogP contribution is -2.29. The van der Waals surface area contributed by atoms with Gasteiger partial charge in [-0.2, -0.15) is 4.68 Å². The first-order valence-corrected chi connectivity index (χ1v) is 6.86. The molecule has 24 heavy (non-hydrogen) atoms. The van der Waals surface area contributed by atoms with E-state index in [2.05, 4.69) is 15.3 Å². The van der Waals surface area contributed by atoms with E-state index in [-0.39, 0.29) is 17.9 Å². The number of esters is 1. The van der Waals surface area contributed by atoms with Gasteiger partial charge < -0.3 is 14.8 Å². The van der Waals surface area contributed by atoms with Gasteiger partial charge in [-0.15, -0.1) is 5.10 Å². The molecule has 0 aliphatic carbocycles. The molecule has 0 radical (unpaired) electrons. The maximum Gasteiger partial charge on any atom is 0.488 e. The highest BCUT2D eigenvalue weighted by Gasteiger charge is 2.19. The zero-order chi connectivity index (χ0) is 17.3. The minimum atomic E-state index is -1.56.